The fourth-order valence-corrected chi connectivity index (χ4v) is 5.82. The zero-order valence-corrected chi connectivity index (χ0v) is 18.4. The minimum atomic E-state index is 0.255. The second-order valence-electron chi connectivity index (χ2n) is 9.70. The largest absolute Gasteiger partial charge is 0.358 e. The fourth-order valence-electron chi connectivity index (χ4n) is 5.82. The lowest BCUT2D eigenvalue weighted by molar-refractivity contribution is 0.111. The first kappa shape index (κ1) is 19.3. The van der Waals surface area contributed by atoms with E-state index < -0.39 is 0 Å². The molecule has 1 saturated heterocycles. The van der Waals surface area contributed by atoms with E-state index in [1.54, 1.807) is 22.2 Å². The van der Waals surface area contributed by atoms with Gasteiger partial charge in [0.2, 0.25) is 0 Å². The molecular weight excluding hydrogens is 331 g/mol. The molecule has 148 valence electrons. The second kappa shape index (κ2) is 6.79. The van der Waals surface area contributed by atoms with E-state index in [0.29, 0.717) is 12.0 Å². The van der Waals surface area contributed by atoms with E-state index in [2.05, 4.69) is 75.6 Å². The van der Waals surface area contributed by atoms with Gasteiger partial charge in [0, 0.05) is 43.4 Å². The van der Waals surface area contributed by atoms with Gasteiger partial charge in [-0.1, -0.05) is 33.2 Å². The van der Waals surface area contributed by atoms with Gasteiger partial charge in [0.15, 0.2) is 0 Å². The van der Waals surface area contributed by atoms with E-state index in [1.807, 2.05) is 0 Å². The van der Waals surface area contributed by atoms with Crippen LogP contribution in [0.3, 0.4) is 0 Å². The second-order valence-corrected chi connectivity index (χ2v) is 9.70. The Morgan fingerprint density at radius 3 is 2.78 bits per heavy atom. The molecule has 0 radical (unpaired) electrons. The predicted molar refractivity (Wildman–Crippen MR) is 118 cm³/mol. The number of fused-ring (bicyclic) bond motifs is 5. The summed E-state index contributed by atoms with van der Waals surface area (Å²) in [5.41, 5.74) is 8.18. The molecule has 1 aliphatic carbocycles. The van der Waals surface area contributed by atoms with Crippen LogP contribution in [0, 0.1) is 5.92 Å². The van der Waals surface area contributed by atoms with Crippen LogP contribution in [-0.4, -0.2) is 63.7 Å². The average molecular weight is 368 g/mol. The first-order chi connectivity index (χ1) is 12.8. The van der Waals surface area contributed by atoms with Crippen molar-refractivity contribution in [3.8, 4) is 0 Å². The molecule has 2 heterocycles. The van der Waals surface area contributed by atoms with Gasteiger partial charge in [0.1, 0.15) is 7.85 Å². The maximum Gasteiger partial charge on any atom is 0.140 e. The summed E-state index contributed by atoms with van der Waals surface area (Å²) in [6.07, 6.45) is 0. The summed E-state index contributed by atoms with van der Waals surface area (Å²) in [7, 11) is 4.63. The van der Waals surface area contributed by atoms with Gasteiger partial charge in [-0.2, -0.15) is 0 Å². The van der Waals surface area contributed by atoms with Gasteiger partial charge in [-0.15, -0.1) is 0 Å². The Labute approximate surface area is 166 Å². The molecule has 2 bridgehead atoms. The van der Waals surface area contributed by atoms with Crippen molar-refractivity contribution in [1.29, 1.82) is 0 Å². The van der Waals surface area contributed by atoms with Crippen LogP contribution >= 0.6 is 0 Å². The van der Waals surface area contributed by atoms with Gasteiger partial charge in [-0.25, -0.2) is 0 Å². The van der Waals surface area contributed by atoms with E-state index in [9.17, 15) is 0 Å². The summed E-state index contributed by atoms with van der Waals surface area (Å²) in [6, 6.07) is 3.25. The van der Waals surface area contributed by atoms with Gasteiger partial charge in [0.25, 0.3) is 0 Å². The molecule has 1 fully saturated rings. The van der Waals surface area contributed by atoms with Crippen LogP contribution in [0.5, 0.6) is 0 Å². The molecular formula is C22H37BN4. The van der Waals surface area contributed by atoms with Crippen LogP contribution < -0.4 is 15.7 Å². The lowest BCUT2D eigenvalue weighted by Gasteiger charge is -2.54. The molecule has 27 heavy (non-hydrogen) atoms. The first-order valence-electron chi connectivity index (χ1n) is 10.8. The van der Waals surface area contributed by atoms with Crippen LogP contribution in [0.25, 0.3) is 0 Å². The van der Waals surface area contributed by atoms with Crippen molar-refractivity contribution in [2.75, 3.05) is 44.9 Å². The Hall–Kier alpha value is -1.04. The third kappa shape index (κ3) is 2.85. The van der Waals surface area contributed by atoms with Crippen molar-refractivity contribution < 1.29 is 0 Å². The molecule has 1 aromatic carbocycles. The summed E-state index contributed by atoms with van der Waals surface area (Å²) < 4.78 is 0. The molecule has 2 aliphatic heterocycles. The van der Waals surface area contributed by atoms with Crippen molar-refractivity contribution in [1.82, 2.24) is 15.1 Å². The highest BCUT2D eigenvalue weighted by atomic mass is 15.4. The van der Waals surface area contributed by atoms with E-state index in [1.165, 1.54) is 12.2 Å². The number of likely N-dealkylation sites (N-methyl/N-ethyl adjacent to an activating group) is 1. The van der Waals surface area contributed by atoms with E-state index in [4.69, 9.17) is 0 Å². The standard InChI is InChI=1S/C22H37BN4/c1-7-24-12-25(6)11-22(5)15(3)20-18(22)8-19-17(21(20)23)10-26-13-27(19)9-14(2)16(26)4/h8,14-16,24H,7,9-13,23H2,1-6H3. The highest BCUT2D eigenvalue weighted by molar-refractivity contribution is 6.35. The SMILES string of the molecule is Bc1c2c(cc3c1C(C)C3(C)CN(C)CNCC)N1CC(C)C(C)N(C2)C1. The molecule has 4 rings (SSSR count). The number of hydrogen-bond acceptors (Lipinski definition) is 4. The Morgan fingerprint density at radius 1 is 1.33 bits per heavy atom. The van der Waals surface area contributed by atoms with Gasteiger partial charge in [0.05, 0.1) is 6.67 Å². The van der Waals surface area contributed by atoms with Gasteiger partial charge >= 0.3 is 0 Å². The smallest absolute Gasteiger partial charge is 0.140 e. The molecule has 0 amide bonds. The fraction of sp³-hybridized carbons (Fsp3) is 0.727. The van der Waals surface area contributed by atoms with E-state index in [-0.39, 0.29) is 5.41 Å². The van der Waals surface area contributed by atoms with Crippen molar-refractivity contribution >= 4 is 19.0 Å². The maximum atomic E-state index is 3.47. The number of nitrogens with zero attached hydrogens (tertiary/aromatic N) is 3. The van der Waals surface area contributed by atoms with Crippen LogP contribution in [0.1, 0.15) is 57.2 Å². The van der Waals surface area contributed by atoms with Gasteiger partial charge < -0.3 is 10.2 Å². The molecule has 0 spiro atoms. The Kier molecular flexibility index (Phi) is 4.85. The number of rotatable bonds is 5. The molecule has 1 aromatic rings. The summed E-state index contributed by atoms with van der Waals surface area (Å²) in [5, 5.41) is 3.47. The molecule has 0 saturated carbocycles. The normalized spacial score (nSPS) is 34.3. The number of benzene rings is 1. The van der Waals surface area contributed by atoms with Crippen LogP contribution in [0.2, 0.25) is 0 Å². The summed E-state index contributed by atoms with van der Waals surface area (Å²) in [5.74, 6) is 1.36. The molecule has 4 nitrogen and oxygen atoms in total. The lowest BCUT2D eigenvalue weighted by Crippen LogP contribution is -2.58. The number of hydrogen-bond donors (Lipinski definition) is 1. The van der Waals surface area contributed by atoms with Crippen LogP contribution in [-0.2, 0) is 12.0 Å². The number of anilines is 1. The third-order valence-electron chi connectivity index (χ3n) is 7.93. The molecule has 0 aromatic heterocycles. The minimum absolute atomic E-state index is 0.255. The number of nitrogens with one attached hydrogen (secondary N) is 1. The van der Waals surface area contributed by atoms with E-state index >= 15 is 0 Å². The maximum absolute atomic E-state index is 3.47. The zero-order chi connectivity index (χ0) is 19.5. The quantitative estimate of drug-likeness (QED) is 0.627. The molecule has 1 N–H and O–H groups in total. The Morgan fingerprint density at radius 2 is 2.07 bits per heavy atom. The van der Waals surface area contributed by atoms with Crippen molar-refractivity contribution in [3.63, 3.8) is 0 Å². The molecule has 5 unspecified atom stereocenters. The summed E-state index contributed by atoms with van der Waals surface area (Å²) in [6.45, 7) is 18.4. The molecule has 5 atom stereocenters. The van der Waals surface area contributed by atoms with Gasteiger partial charge in [-0.3, -0.25) is 9.80 Å². The average Bonchev–Trinajstić information content (AvgIpc) is 2.64. The lowest BCUT2D eigenvalue weighted by atomic mass is 9.54. The Balaban J connectivity index is 1.68. The Bertz CT molecular complexity index is 736. The van der Waals surface area contributed by atoms with Crippen molar-refractivity contribution in [2.45, 2.75) is 58.5 Å². The topological polar surface area (TPSA) is 21.8 Å². The molecule has 5 heteroatoms. The first-order valence-corrected chi connectivity index (χ1v) is 10.8. The summed E-state index contributed by atoms with van der Waals surface area (Å²) >= 11 is 0. The third-order valence-corrected chi connectivity index (χ3v) is 7.93. The van der Waals surface area contributed by atoms with Crippen LogP contribution in [0.15, 0.2) is 6.07 Å². The van der Waals surface area contributed by atoms with Crippen LogP contribution in [0.4, 0.5) is 5.69 Å². The highest BCUT2D eigenvalue weighted by Crippen LogP contribution is 2.53. The summed E-state index contributed by atoms with van der Waals surface area (Å²) in [4.78, 5) is 7.76. The van der Waals surface area contributed by atoms with Crippen molar-refractivity contribution in [3.05, 3.63) is 22.8 Å². The highest BCUT2D eigenvalue weighted by Gasteiger charge is 2.48. The van der Waals surface area contributed by atoms with E-state index in [0.717, 1.165) is 38.9 Å². The van der Waals surface area contributed by atoms with Crippen molar-refractivity contribution in [2.24, 2.45) is 5.92 Å². The minimum Gasteiger partial charge on any atom is -0.358 e. The molecule has 3 aliphatic rings. The van der Waals surface area contributed by atoms with Gasteiger partial charge in [-0.05, 0) is 55.1 Å². The monoisotopic (exact) mass is 368 g/mol. The zero-order valence-electron chi connectivity index (χ0n) is 18.4. The predicted octanol–water partition coefficient (Wildman–Crippen LogP) is 1.44.